The summed E-state index contributed by atoms with van der Waals surface area (Å²) in [6.07, 6.45) is 1.35. The highest BCUT2D eigenvalue weighted by molar-refractivity contribution is 5.22. The summed E-state index contributed by atoms with van der Waals surface area (Å²) in [5.74, 6) is -2.16. The molecule has 2 rings (SSSR count). The van der Waals surface area contributed by atoms with Gasteiger partial charge in [-0.2, -0.15) is 0 Å². The Labute approximate surface area is 122 Å². The molecule has 1 N–H and O–H groups in total. The molecule has 112 valence electrons. The Morgan fingerprint density at radius 3 is 2.48 bits per heavy atom. The molecule has 2 aromatic rings. The van der Waals surface area contributed by atoms with Crippen LogP contribution in [0.2, 0.25) is 0 Å². The van der Waals surface area contributed by atoms with E-state index in [1.54, 1.807) is 6.07 Å². The molecule has 0 radical (unpaired) electrons. The number of pyridine rings is 1. The van der Waals surface area contributed by atoms with Crippen LogP contribution in [0.1, 0.15) is 31.1 Å². The fourth-order valence-electron chi connectivity index (χ4n) is 2.17. The van der Waals surface area contributed by atoms with E-state index in [0.29, 0.717) is 5.69 Å². The zero-order chi connectivity index (χ0) is 15.4. The van der Waals surface area contributed by atoms with Gasteiger partial charge in [0.05, 0.1) is 17.9 Å². The predicted molar refractivity (Wildman–Crippen MR) is 75.3 cm³/mol. The summed E-state index contributed by atoms with van der Waals surface area (Å²) in [5, 5.41) is 3.24. The van der Waals surface area contributed by atoms with Crippen molar-refractivity contribution in [2.75, 3.05) is 0 Å². The number of aromatic nitrogens is 1. The standard InChI is InChI=1S/C16H17F3N2/c1-10(2)21-15(14-7-6-12(17)9-20-14)8-11-4-3-5-13(18)16(11)19/h3-7,9-10,15,21H,8H2,1-2H3. The van der Waals surface area contributed by atoms with E-state index >= 15 is 0 Å². The molecule has 1 aromatic carbocycles. The van der Waals surface area contributed by atoms with Gasteiger partial charge >= 0.3 is 0 Å². The van der Waals surface area contributed by atoms with Crippen LogP contribution in [0.4, 0.5) is 13.2 Å². The highest BCUT2D eigenvalue weighted by atomic mass is 19.2. The molecule has 5 heteroatoms. The van der Waals surface area contributed by atoms with E-state index in [2.05, 4.69) is 10.3 Å². The lowest BCUT2D eigenvalue weighted by molar-refractivity contribution is 0.446. The Morgan fingerprint density at radius 2 is 1.86 bits per heavy atom. The minimum Gasteiger partial charge on any atom is -0.306 e. The van der Waals surface area contributed by atoms with Gasteiger partial charge in [0.2, 0.25) is 0 Å². The van der Waals surface area contributed by atoms with Crippen molar-refractivity contribution in [3.8, 4) is 0 Å². The van der Waals surface area contributed by atoms with Crippen molar-refractivity contribution >= 4 is 0 Å². The zero-order valence-electron chi connectivity index (χ0n) is 11.9. The monoisotopic (exact) mass is 294 g/mol. The van der Waals surface area contributed by atoms with E-state index < -0.39 is 17.5 Å². The van der Waals surface area contributed by atoms with Crippen LogP contribution in [0.3, 0.4) is 0 Å². The van der Waals surface area contributed by atoms with E-state index in [1.807, 2.05) is 13.8 Å². The number of halogens is 3. The molecule has 1 aromatic heterocycles. The van der Waals surface area contributed by atoms with Gasteiger partial charge in [-0.1, -0.05) is 26.0 Å². The molecule has 0 aliphatic carbocycles. The third-order valence-electron chi connectivity index (χ3n) is 3.10. The number of nitrogens with zero attached hydrogens (tertiary/aromatic N) is 1. The molecule has 0 saturated carbocycles. The third kappa shape index (κ3) is 4.04. The van der Waals surface area contributed by atoms with Gasteiger partial charge in [-0.25, -0.2) is 13.2 Å². The van der Waals surface area contributed by atoms with Crippen molar-refractivity contribution in [3.63, 3.8) is 0 Å². The smallest absolute Gasteiger partial charge is 0.162 e. The topological polar surface area (TPSA) is 24.9 Å². The first-order valence-electron chi connectivity index (χ1n) is 6.77. The summed E-state index contributed by atoms with van der Waals surface area (Å²) in [5.41, 5.74) is 0.855. The van der Waals surface area contributed by atoms with Crippen LogP contribution in [0, 0.1) is 17.5 Å². The normalized spacial score (nSPS) is 12.7. The van der Waals surface area contributed by atoms with Crippen LogP contribution in [-0.2, 0) is 6.42 Å². The van der Waals surface area contributed by atoms with Crippen LogP contribution in [0.5, 0.6) is 0 Å². The molecule has 0 amide bonds. The van der Waals surface area contributed by atoms with Crippen LogP contribution in [0.15, 0.2) is 36.5 Å². The van der Waals surface area contributed by atoms with Crippen molar-refractivity contribution in [2.24, 2.45) is 0 Å². The number of benzene rings is 1. The molecular formula is C16H17F3N2. The first-order valence-corrected chi connectivity index (χ1v) is 6.77. The minimum atomic E-state index is -0.872. The van der Waals surface area contributed by atoms with Crippen molar-refractivity contribution in [1.29, 1.82) is 0 Å². The predicted octanol–water partition coefficient (Wildman–Crippen LogP) is 3.78. The number of rotatable bonds is 5. The van der Waals surface area contributed by atoms with E-state index in [1.165, 1.54) is 18.2 Å². The van der Waals surface area contributed by atoms with E-state index in [0.717, 1.165) is 12.3 Å². The summed E-state index contributed by atoms with van der Waals surface area (Å²) in [7, 11) is 0. The average molecular weight is 294 g/mol. The average Bonchev–Trinajstić information content (AvgIpc) is 2.43. The summed E-state index contributed by atoms with van der Waals surface area (Å²) in [6.45, 7) is 3.89. The van der Waals surface area contributed by atoms with Crippen molar-refractivity contribution < 1.29 is 13.2 Å². The van der Waals surface area contributed by atoms with Gasteiger partial charge in [0.15, 0.2) is 11.6 Å². The maximum Gasteiger partial charge on any atom is 0.162 e. The largest absolute Gasteiger partial charge is 0.306 e. The molecule has 0 spiro atoms. The maximum atomic E-state index is 13.8. The molecule has 0 bridgehead atoms. The van der Waals surface area contributed by atoms with Gasteiger partial charge in [-0.15, -0.1) is 0 Å². The summed E-state index contributed by atoms with van der Waals surface area (Å²) >= 11 is 0. The molecule has 1 heterocycles. The fourth-order valence-corrected chi connectivity index (χ4v) is 2.17. The molecule has 0 aliphatic heterocycles. The summed E-state index contributed by atoms with van der Waals surface area (Å²) in [4.78, 5) is 4.03. The molecule has 2 nitrogen and oxygen atoms in total. The Balaban J connectivity index is 2.28. The second kappa shape index (κ2) is 6.72. The number of hydrogen-bond donors (Lipinski definition) is 1. The van der Waals surface area contributed by atoms with Gasteiger partial charge in [0.1, 0.15) is 5.82 Å². The highest BCUT2D eigenvalue weighted by Crippen LogP contribution is 2.21. The second-order valence-corrected chi connectivity index (χ2v) is 5.19. The molecule has 0 saturated heterocycles. The molecule has 1 atom stereocenters. The van der Waals surface area contributed by atoms with Crippen molar-refractivity contribution in [1.82, 2.24) is 10.3 Å². The molecule has 0 aliphatic rings. The van der Waals surface area contributed by atoms with Gasteiger partial charge in [0, 0.05) is 6.04 Å². The third-order valence-corrected chi connectivity index (χ3v) is 3.10. The van der Waals surface area contributed by atoms with E-state index in [-0.39, 0.29) is 24.1 Å². The van der Waals surface area contributed by atoms with E-state index in [9.17, 15) is 13.2 Å². The molecular weight excluding hydrogens is 277 g/mol. The Hall–Kier alpha value is -1.88. The van der Waals surface area contributed by atoms with E-state index in [4.69, 9.17) is 0 Å². The van der Waals surface area contributed by atoms with Crippen molar-refractivity contribution in [3.05, 3.63) is 65.2 Å². The lowest BCUT2D eigenvalue weighted by atomic mass is 10.0. The quantitative estimate of drug-likeness (QED) is 0.907. The summed E-state index contributed by atoms with van der Waals surface area (Å²) in [6, 6.07) is 6.75. The lowest BCUT2D eigenvalue weighted by Crippen LogP contribution is -2.30. The van der Waals surface area contributed by atoms with Gasteiger partial charge in [-0.05, 0) is 30.2 Å². The molecule has 21 heavy (non-hydrogen) atoms. The highest BCUT2D eigenvalue weighted by Gasteiger charge is 2.18. The first kappa shape index (κ1) is 15.5. The van der Waals surface area contributed by atoms with Crippen LogP contribution < -0.4 is 5.32 Å². The Morgan fingerprint density at radius 1 is 1.10 bits per heavy atom. The minimum absolute atomic E-state index is 0.124. The van der Waals surface area contributed by atoms with Crippen LogP contribution in [-0.4, -0.2) is 11.0 Å². The van der Waals surface area contributed by atoms with Gasteiger partial charge < -0.3 is 5.32 Å². The van der Waals surface area contributed by atoms with Crippen LogP contribution >= 0.6 is 0 Å². The Kier molecular flexibility index (Phi) is 4.96. The van der Waals surface area contributed by atoms with Crippen molar-refractivity contribution in [2.45, 2.75) is 32.4 Å². The molecule has 1 unspecified atom stereocenters. The zero-order valence-corrected chi connectivity index (χ0v) is 11.9. The first-order chi connectivity index (χ1) is 9.97. The number of hydrogen-bond acceptors (Lipinski definition) is 2. The lowest BCUT2D eigenvalue weighted by Gasteiger charge is -2.21. The summed E-state index contributed by atoms with van der Waals surface area (Å²) < 4.78 is 40.0. The second-order valence-electron chi connectivity index (χ2n) is 5.19. The SMILES string of the molecule is CC(C)NC(Cc1cccc(F)c1F)c1ccc(F)cn1. The van der Waals surface area contributed by atoms with Crippen LogP contribution in [0.25, 0.3) is 0 Å². The van der Waals surface area contributed by atoms with Gasteiger partial charge in [-0.3, -0.25) is 4.98 Å². The Bertz CT molecular complexity index is 597. The fraction of sp³-hybridized carbons (Fsp3) is 0.312. The molecule has 0 fully saturated rings. The number of nitrogens with one attached hydrogen (secondary N) is 1. The van der Waals surface area contributed by atoms with Gasteiger partial charge in [0.25, 0.3) is 0 Å². The maximum absolute atomic E-state index is 13.8.